The Bertz CT molecular complexity index is 319. The minimum Gasteiger partial charge on any atom is -0.361 e. The molecule has 1 saturated heterocycles. The standard InChI is InChI=1S/C12H20N2O/c1-12(2,3)11-7-10(14-15-11)9-5-4-6-13-8-9/h7,9,13H,4-6,8H2,1-3H3. The molecular weight excluding hydrogens is 188 g/mol. The average molecular weight is 208 g/mol. The summed E-state index contributed by atoms with van der Waals surface area (Å²) in [6.45, 7) is 8.62. The lowest BCUT2D eigenvalue weighted by molar-refractivity contribution is 0.320. The predicted octanol–water partition coefficient (Wildman–Crippen LogP) is 2.44. The van der Waals surface area contributed by atoms with Crippen molar-refractivity contribution in [2.75, 3.05) is 13.1 Å². The molecule has 1 unspecified atom stereocenters. The first-order valence-electron chi connectivity index (χ1n) is 5.75. The van der Waals surface area contributed by atoms with Gasteiger partial charge in [0.1, 0.15) is 5.76 Å². The summed E-state index contributed by atoms with van der Waals surface area (Å²) < 4.78 is 5.40. The van der Waals surface area contributed by atoms with Gasteiger partial charge in [-0.1, -0.05) is 25.9 Å². The number of piperidine rings is 1. The van der Waals surface area contributed by atoms with Crippen molar-refractivity contribution >= 4 is 0 Å². The fourth-order valence-corrected chi connectivity index (χ4v) is 1.94. The maximum atomic E-state index is 5.40. The molecule has 3 nitrogen and oxygen atoms in total. The van der Waals surface area contributed by atoms with Crippen LogP contribution in [0.4, 0.5) is 0 Å². The van der Waals surface area contributed by atoms with Crippen LogP contribution in [0, 0.1) is 0 Å². The fourth-order valence-electron chi connectivity index (χ4n) is 1.94. The maximum absolute atomic E-state index is 5.40. The zero-order valence-corrected chi connectivity index (χ0v) is 9.84. The van der Waals surface area contributed by atoms with Gasteiger partial charge in [-0.15, -0.1) is 0 Å². The van der Waals surface area contributed by atoms with Crippen LogP contribution in [0.15, 0.2) is 10.6 Å². The molecule has 0 spiro atoms. The van der Waals surface area contributed by atoms with Crippen molar-refractivity contribution in [3.8, 4) is 0 Å². The van der Waals surface area contributed by atoms with Crippen molar-refractivity contribution in [1.29, 1.82) is 0 Å². The first-order valence-corrected chi connectivity index (χ1v) is 5.75. The van der Waals surface area contributed by atoms with Crippen LogP contribution in [-0.4, -0.2) is 18.2 Å². The molecule has 1 atom stereocenters. The van der Waals surface area contributed by atoms with E-state index in [4.69, 9.17) is 4.52 Å². The molecule has 1 aliphatic heterocycles. The Morgan fingerprint density at radius 2 is 2.27 bits per heavy atom. The Kier molecular flexibility index (Phi) is 2.83. The third kappa shape index (κ3) is 2.40. The molecule has 2 rings (SSSR count). The highest BCUT2D eigenvalue weighted by atomic mass is 16.5. The van der Waals surface area contributed by atoms with E-state index in [1.807, 2.05) is 0 Å². The van der Waals surface area contributed by atoms with Gasteiger partial charge in [-0.25, -0.2) is 0 Å². The number of aromatic nitrogens is 1. The lowest BCUT2D eigenvalue weighted by Crippen LogP contribution is -2.28. The second kappa shape index (κ2) is 3.97. The molecule has 1 fully saturated rings. The van der Waals surface area contributed by atoms with Gasteiger partial charge in [0.2, 0.25) is 0 Å². The Labute approximate surface area is 91.2 Å². The van der Waals surface area contributed by atoms with Crippen LogP contribution in [-0.2, 0) is 5.41 Å². The molecule has 1 aromatic heterocycles. The number of hydrogen-bond acceptors (Lipinski definition) is 3. The quantitative estimate of drug-likeness (QED) is 0.770. The molecule has 2 heterocycles. The lowest BCUT2D eigenvalue weighted by atomic mass is 9.90. The van der Waals surface area contributed by atoms with Crippen LogP contribution < -0.4 is 5.32 Å². The molecule has 1 N–H and O–H groups in total. The van der Waals surface area contributed by atoms with Gasteiger partial charge in [-0.05, 0) is 19.4 Å². The van der Waals surface area contributed by atoms with Crippen molar-refractivity contribution in [3.05, 3.63) is 17.5 Å². The molecule has 1 aliphatic rings. The highest BCUT2D eigenvalue weighted by Gasteiger charge is 2.23. The van der Waals surface area contributed by atoms with Crippen LogP contribution in [0.5, 0.6) is 0 Å². The van der Waals surface area contributed by atoms with E-state index in [1.54, 1.807) is 0 Å². The Morgan fingerprint density at radius 3 is 2.80 bits per heavy atom. The van der Waals surface area contributed by atoms with Gasteiger partial charge >= 0.3 is 0 Å². The summed E-state index contributed by atoms with van der Waals surface area (Å²) in [6, 6.07) is 2.12. The SMILES string of the molecule is CC(C)(C)c1cc(C2CCCNC2)no1. The molecule has 0 aliphatic carbocycles. The van der Waals surface area contributed by atoms with Crippen LogP contribution in [0.3, 0.4) is 0 Å². The van der Waals surface area contributed by atoms with Crippen LogP contribution in [0.1, 0.15) is 51.0 Å². The first-order chi connectivity index (χ1) is 7.07. The summed E-state index contributed by atoms with van der Waals surface area (Å²) in [5, 5.41) is 7.59. The van der Waals surface area contributed by atoms with Gasteiger partial charge in [0, 0.05) is 23.9 Å². The third-order valence-corrected chi connectivity index (χ3v) is 2.98. The zero-order valence-electron chi connectivity index (χ0n) is 9.84. The van der Waals surface area contributed by atoms with Gasteiger partial charge in [-0.3, -0.25) is 0 Å². The highest BCUT2D eigenvalue weighted by Crippen LogP contribution is 2.28. The minimum atomic E-state index is 0.0628. The predicted molar refractivity (Wildman–Crippen MR) is 60.0 cm³/mol. The van der Waals surface area contributed by atoms with Crippen LogP contribution in [0.2, 0.25) is 0 Å². The molecule has 15 heavy (non-hydrogen) atoms. The lowest BCUT2D eigenvalue weighted by Gasteiger charge is -2.20. The summed E-state index contributed by atoms with van der Waals surface area (Å²) in [6.07, 6.45) is 2.46. The maximum Gasteiger partial charge on any atom is 0.142 e. The van der Waals surface area contributed by atoms with E-state index in [0.29, 0.717) is 5.92 Å². The summed E-state index contributed by atoms with van der Waals surface area (Å²) in [5.41, 5.74) is 1.18. The summed E-state index contributed by atoms with van der Waals surface area (Å²) in [7, 11) is 0. The minimum absolute atomic E-state index is 0.0628. The molecule has 0 aromatic carbocycles. The zero-order chi connectivity index (χ0) is 10.9. The molecular formula is C12H20N2O. The van der Waals surface area contributed by atoms with E-state index in [2.05, 4.69) is 37.3 Å². The Balaban J connectivity index is 2.12. The molecule has 0 saturated carbocycles. The van der Waals surface area contributed by atoms with Gasteiger partial charge in [-0.2, -0.15) is 0 Å². The summed E-state index contributed by atoms with van der Waals surface area (Å²) in [5.74, 6) is 1.53. The van der Waals surface area contributed by atoms with E-state index in [0.717, 1.165) is 24.5 Å². The highest BCUT2D eigenvalue weighted by molar-refractivity contribution is 5.17. The largest absolute Gasteiger partial charge is 0.361 e. The monoisotopic (exact) mass is 208 g/mol. The summed E-state index contributed by atoms with van der Waals surface area (Å²) >= 11 is 0. The van der Waals surface area contributed by atoms with Gasteiger partial charge < -0.3 is 9.84 Å². The molecule has 3 heteroatoms. The first kappa shape index (κ1) is 10.7. The average Bonchev–Trinajstić information content (AvgIpc) is 2.67. The topological polar surface area (TPSA) is 38.1 Å². The van der Waals surface area contributed by atoms with Gasteiger partial charge in [0.05, 0.1) is 5.69 Å². The molecule has 0 bridgehead atoms. The normalized spacial score (nSPS) is 23.0. The molecule has 0 radical (unpaired) electrons. The van der Waals surface area contributed by atoms with Gasteiger partial charge in [0.15, 0.2) is 0 Å². The molecule has 0 amide bonds. The second-order valence-corrected chi connectivity index (χ2v) is 5.41. The smallest absolute Gasteiger partial charge is 0.142 e. The van der Waals surface area contributed by atoms with E-state index in [-0.39, 0.29) is 5.41 Å². The molecule has 1 aromatic rings. The van der Waals surface area contributed by atoms with E-state index < -0.39 is 0 Å². The van der Waals surface area contributed by atoms with Crippen LogP contribution in [0.25, 0.3) is 0 Å². The van der Waals surface area contributed by atoms with E-state index in [9.17, 15) is 0 Å². The Hall–Kier alpha value is -0.830. The number of rotatable bonds is 1. The molecule has 84 valence electrons. The summed E-state index contributed by atoms with van der Waals surface area (Å²) in [4.78, 5) is 0. The number of nitrogens with one attached hydrogen (secondary N) is 1. The van der Waals surface area contributed by atoms with Crippen molar-refractivity contribution in [2.45, 2.75) is 44.9 Å². The number of hydrogen-bond donors (Lipinski definition) is 1. The third-order valence-electron chi connectivity index (χ3n) is 2.98. The van der Waals surface area contributed by atoms with E-state index in [1.165, 1.54) is 12.8 Å². The second-order valence-electron chi connectivity index (χ2n) is 5.41. The van der Waals surface area contributed by atoms with Crippen molar-refractivity contribution < 1.29 is 4.52 Å². The van der Waals surface area contributed by atoms with Gasteiger partial charge in [0.25, 0.3) is 0 Å². The van der Waals surface area contributed by atoms with Crippen molar-refractivity contribution in [1.82, 2.24) is 10.5 Å². The van der Waals surface area contributed by atoms with Crippen LogP contribution >= 0.6 is 0 Å². The van der Waals surface area contributed by atoms with Crippen molar-refractivity contribution in [3.63, 3.8) is 0 Å². The van der Waals surface area contributed by atoms with Crippen molar-refractivity contribution in [2.24, 2.45) is 0 Å². The van der Waals surface area contributed by atoms with E-state index >= 15 is 0 Å². The Morgan fingerprint density at radius 1 is 1.47 bits per heavy atom. The fraction of sp³-hybridized carbons (Fsp3) is 0.750. The number of nitrogens with zero attached hydrogens (tertiary/aromatic N) is 1.